The fourth-order valence-corrected chi connectivity index (χ4v) is 4.57. The van der Waals surface area contributed by atoms with Gasteiger partial charge in [-0.3, -0.25) is 0 Å². The third-order valence-corrected chi connectivity index (χ3v) is 6.50. The van der Waals surface area contributed by atoms with Crippen LogP contribution in [-0.2, 0) is 0 Å². The Morgan fingerprint density at radius 2 is 1.91 bits per heavy atom. The number of benzene rings is 2. The number of aryl methyl sites for hydroxylation is 3. The van der Waals surface area contributed by atoms with Gasteiger partial charge in [-0.05, 0) is 51.1 Å². The fourth-order valence-electron chi connectivity index (χ4n) is 3.34. The summed E-state index contributed by atoms with van der Waals surface area (Å²) in [5.41, 5.74) is 3.62. The molecule has 4 rings (SSSR count). The van der Waals surface area contributed by atoms with Crippen molar-refractivity contribution < 1.29 is 14.6 Å². The molecule has 2 heterocycles. The van der Waals surface area contributed by atoms with E-state index in [2.05, 4.69) is 5.32 Å². The first-order chi connectivity index (χ1) is 15.3. The largest absolute Gasteiger partial charge is 0.497 e. The smallest absolute Gasteiger partial charge is 0.337 e. The molecule has 0 spiro atoms. The number of anilines is 2. The Morgan fingerprint density at radius 3 is 2.53 bits per heavy atom. The van der Waals surface area contributed by atoms with Crippen LogP contribution < -0.4 is 10.1 Å². The molecular formula is C23H21ClN4O3S. The summed E-state index contributed by atoms with van der Waals surface area (Å²) in [5.74, 6) is -0.0402. The minimum Gasteiger partial charge on any atom is -0.497 e. The summed E-state index contributed by atoms with van der Waals surface area (Å²) in [6.45, 7) is 5.87. The maximum absolute atomic E-state index is 11.9. The molecule has 0 saturated carbocycles. The molecule has 0 bridgehead atoms. The highest BCUT2D eigenvalue weighted by molar-refractivity contribution is 7.15. The van der Waals surface area contributed by atoms with Crippen molar-refractivity contribution in [2.75, 3.05) is 12.4 Å². The Bertz CT molecular complexity index is 1310. The molecule has 0 fully saturated rings. The van der Waals surface area contributed by atoms with Gasteiger partial charge in [-0.15, -0.1) is 11.3 Å². The van der Waals surface area contributed by atoms with E-state index >= 15 is 0 Å². The molecule has 0 atom stereocenters. The second kappa shape index (κ2) is 8.64. The average Bonchev–Trinajstić information content (AvgIpc) is 3.26. The number of nitrogens with zero attached hydrogens (tertiary/aromatic N) is 3. The molecule has 0 unspecified atom stereocenters. The fraction of sp³-hybridized carbons (Fsp3) is 0.174. The van der Waals surface area contributed by atoms with Crippen molar-refractivity contribution >= 4 is 40.4 Å². The van der Waals surface area contributed by atoms with Gasteiger partial charge in [0.05, 0.1) is 46.0 Å². The number of carboxylic acid groups (broad SMARTS) is 1. The Kier molecular flexibility index (Phi) is 5.90. The van der Waals surface area contributed by atoms with Crippen LogP contribution >= 0.6 is 22.9 Å². The first-order valence-corrected chi connectivity index (χ1v) is 11.0. The Labute approximate surface area is 194 Å². The molecule has 2 N–H and O–H groups in total. The molecule has 0 aliphatic rings. The van der Waals surface area contributed by atoms with Crippen molar-refractivity contribution in [2.45, 2.75) is 20.8 Å². The van der Waals surface area contributed by atoms with Crippen LogP contribution in [-0.4, -0.2) is 33.0 Å². The minimum absolute atomic E-state index is 0.0753. The summed E-state index contributed by atoms with van der Waals surface area (Å²) in [7, 11) is 1.50. The van der Waals surface area contributed by atoms with Crippen molar-refractivity contribution in [1.82, 2.24) is 14.8 Å². The van der Waals surface area contributed by atoms with Crippen molar-refractivity contribution in [3.8, 4) is 22.0 Å². The Balaban J connectivity index is 1.96. The molecule has 0 aliphatic heterocycles. The topological polar surface area (TPSA) is 89.3 Å². The molecule has 0 radical (unpaired) electrons. The van der Waals surface area contributed by atoms with Gasteiger partial charge < -0.3 is 15.2 Å². The van der Waals surface area contributed by atoms with E-state index in [1.807, 2.05) is 39.0 Å². The number of hydrogen-bond donors (Lipinski definition) is 2. The average molecular weight is 469 g/mol. The lowest BCUT2D eigenvalue weighted by Crippen LogP contribution is -2.08. The van der Waals surface area contributed by atoms with Crippen LogP contribution in [0.3, 0.4) is 0 Å². The lowest BCUT2D eigenvalue weighted by atomic mass is 10.1. The van der Waals surface area contributed by atoms with E-state index in [1.165, 1.54) is 13.2 Å². The standard InChI is InChI=1S/C23H21ClN4O3S/c1-12-14(3)32-22(25-12)20-13(2)27-28(19-8-6-5-7-17(19)24)21(20)26-18-10-9-15(31-4)11-16(18)23(29)30/h5-11,26H,1-4H3,(H,29,30). The zero-order valence-corrected chi connectivity index (χ0v) is 19.5. The van der Waals surface area contributed by atoms with Gasteiger partial charge in [0.2, 0.25) is 0 Å². The highest BCUT2D eigenvalue weighted by Gasteiger charge is 2.24. The number of para-hydroxylation sites is 1. The van der Waals surface area contributed by atoms with Crippen LogP contribution in [0.25, 0.3) is 16.3 Å². The number of halogens is 1. The molecule has 0 saturated heterocycles. The lowest BCUT2D eigenvalue weighted by Gasteiger charge is -2.15. The molecule has 2 aromatic heterocycles. The molecule has 32 heavy (non-hydrogen) atoms. The second-order valence-corrected chi connectivity index (χ2v) is 8.78. The van der Waals surface area contributed by atoms with Crippen LogP contribution in [0.1, 0.15) is 26.6 Å². The van der Waals surface area contributed by atoms with Crippen LogP contribution in [0.15, 0.2) is 42.5 Å². The number of hydrogen-bond acceptors (Lipinski definition) is 6. The predicted octanol–water partition coefficient (Wildman–Crippen LogP) is 6.02. The number of nitrogens with one attached hydrogen (secondary N) is 1. The number of ether oxygens (including phenoxy) is 1. The van der Waals surface area contributed by atoms with Crippen LogP contribution in [0.5, 0.6) is 5.75 Å². The Hall–Kier alpha value is -3.36. The summed E-state index contributed by atoms with van der Waals surface area (Å²) in [4.78, 5) is 17.8. The SMILES string of the molecule is COc1ccc(Nc2c(-c3nc(C)c(C)s3)c(C)nn2-c2ccccc2Cl)c(C(=O)O)c1. The second-order valence-electron chi connectivity index (χ2n) is 7.17. The molecule has 0 aliphatic carbocycles. The van der Waals surface area contributed by atoms with E-state index < -0.39 is 5.97 Å². The quantitative estimate of drug-likeness (QED) is 0.359. The highest BCUT2D eigenvalue weighted by atomic mass is 35.5. The molecule has 164 valence electrons. The normalized spacial score (nSPS) is 10.9. The van der Waals surface area contributed by atoms with Gasteiger partial charge in [-0.1, -0.05) is 23.7 Å². The summed E-state index contributed by atoms with van der Waals surface area (Å²) in [5, 5.41) is 19.1. The van der Waals surface area contributed by atoms with Gasteiger partial charge in [0.1, 0.15) is 16.6 Å². The molecule has 7 nitrogen and oxygen atoms in total. The molecule has 2 aromatic carbocycles. The van der Waals surface area contributed by atoms with E-state index in [9.17, 15) is 9.90 Å². The summed E-state index contributed by atoms with van der Waals surface area (Å²) >= 11 is 8.04. The van der Waals surface area contributed by atoms with Gasteiger partial charge in [0.15, 0.2) is 0 Å². The number of carbonyl (C=O) groups is 1. The molecule has 0 amide bonds. The number of rotatable bonds is 6. The van der Waals surface area contributed by atoms with E-state index in [0.717, 1.165) is 26.8 Å². The van der Waals surface area contributed by atoms with Gasteiger partial charge in [0.25, 0.3) is 0 Å². The van der Waals surface area contributed by atoms with Crippen LogP contribution in [0, 0.1) is 20.8 Å². The van der Waals surface area contributed by atoms with E-state index in [0.29, 0.717) is 28.0 Å². The van der Waals surface area contributed by atoms with Crippen molar-refractivity contribution in [2.24, 2.45) is 0 Å². The first-order valence-electron chi connectivity index (χ1n) is 9.77. The maximum atomic E-state index is 11.9. The summed E-state index contributed by atoms with van der Waals surface area (Å²) < 4.78 is 6.89. The van der Waals surface area contributed by atoms with Gasteiger partial charge in [-0.2, -0.15) is 5.10 Å². The first kappa shape index (κ1) is 21.9. The Morgan fingerprint density at radius 1 is 1.16 bits per heavy atom. The van der Waals surface area contributed by atoms with Crippen molar-refractivity contribution in [3.63, 3.8) is 0 Å². The number of aromatic nitrogens is 3. The monoisotopic (exact) mass is 468 g/mol. The molecular weight excluding hydrogens is 448 g/mol. The highest BCUT2D eigenvalue weighted by Crippen LogP contribution is 2.40. The number of carboxylic acids is 1. The molecule has 9 heteroatoms. The summed E-state index contributed by atoms with van der Waals surface area (Å²) in [6.07, 6.45) is 0. The number of thiazole rings is 1. The van der Waals surface area contributed by atoms with E-state index in [-0.39, 0.29) is 5.56 Å². The maximum Gasteiger partial charge on any atom is 0.337 e. The van der Waals surface area contributed by atoms with Crippen molar-refractivity contribution in [1.29, 1.82) is 0 Å². The summed E-state index contributed by atoms with van der Waals surface area (Å²) in [6, 6.07) is 12.2. The van der Waals surface area contributed by atoms with Gasteiger partial charge in [-0.25, -0.2) is 14.5 Å². The zero-order valence-electron chi connectivity index (χ0n) is 17.9. The van der Waals surface area contributed by atoms with E-state index in [4.69, 9.17) is 26.4 Å². The van der Waals surface area contributed by atoms with Crippen LogP contribution in [0.2, 0.25) is 5.02 Å². The third-order valence-electron chi connectivity index (χ3n) is 5.09. The minimum atomic E-state index is -1.07. The third kappa shape index (κ3) is 3.94. The number of methoxy groups -OCH3 is 1. The lowest BCUT2D eigenvalue weighted by molar-refractivity contribution is 0.0697. The van der Waals surface area contributed by atoms with Gasteiger partial charge >= 0.3 is 5.97 Å². The van der Waals surface area contributed by atoms with Crippen molar-refractivity contribution in [3.05, 3.63) is 69.3 Å². The van der Waals surface area contributed by atoms with E-state index in [1.54, 1.807) is 34.2 Å². The number of aromatic carboxylic acids is 1. The van der Waals surface area contributed by atoms with Gasteiger partial charge in [0, 0.05) is 4.88 Å². The van der Waals surface area contributed by atoms with Crippen LogP contribution in [0.4, 0.5) is 11.5 Å². The predicted molar refractivity (Wildman–Crippen MR) is 127 cm³/mol. The molecule has 4 aromatic rings. The zero-order chi connectivity index (χ0) is 23.0.